The van der Waals surface area contributed by atoms with Crippen LogP contribution in [0.4, 0.5) is 5.69 Å². The lowest BCUT2D eigenvalue weighted by atomic mass is 10.2. The van der Waals surface area contributed by atoms with Gasteiger partial charge in [-0.1, -0.05) is 22.8 Å². The van der Waals surface area contributed by atoms with Gasteiger partial charge in [0.1, 0.15) is 5.75 Å². The van der Waals surface area contributed by atoms with Crippen molar-refractivity contribution < 1.29 is 14.1 Å². The number of nitrogens with one attached hydrogen (secondary N) is 1. The maximum Gasteiger partial charge on any atom is 0.262 e. The molecule has 0 spiro atoms. The summed E-state index contributed by atoms with van der Waals surface area (Å²) in [7, 11) is 0. The van der Waals surface area contributed by atoms with E-state index in [1.54, 1.807) is 55.5 Å². The SMILES string of the molecule is Cc1nc(-c2ccc(OCC(=O)Nc3cccc(Cl)c3)cc2)no1. The van der Waals surface area contributed by atoms with E-state index in [-0.39, 0.29) is 12.5 Å². The minimum Gasteiger partial charge on any atom is -0.484 e. The highest BCUT2D eigenvalue weighted by molar-refractivity contribution is 6.30. The predicted octanol–water partition coefficient (Wildman–Crippen LogP) is 3.72. The highest BCUT2D eigenvalue weighted by atomic mass is 35.5. The summed E-state index contributed by atoms with van der Waals surface area (Å²) < 4.78 is 10.4. The van der Waals surface area contributed by atoms with Crippen LogP contribution < -0.4 is 10.1 Å². The summed E-state index contributed by atoms with van der Waals surface area (Å²) in [6.07, 6.45) is 0. The second-order valence-corrected chi connectivity index (χ2v) is 5.45. The van der Waals surface area contributed by atoms with Crippen LogP contribution in [0.15, 0.2) is 53.1 Å². The number of amides is 1. The molecule has 24 heavy (non-hydrogen) atoms. The van der Waals surface area contributed by atoms with Gasteiger partial charge in [-0.3, -0.25) is 4.79 Å². The van der Waals surface area contributed by atoms with E-state index in [4.69, 9.17) is 20.9 Å². The molecule has 1 aromatic heterocycles. The maximum atomic E-state index is 11.9. The molecule has 1 amide bonds. The van der Waals surface area contributed by atoms with E-state index in [2.05, 4.69) is 15.5 Å². The van der Waals surface area contributed by atoms with Crippen LogP contribution in [0.5, 0.6) is 5.75 Å². The summed E-state index contributed by atoms with van der Waals surface area (Å²) in [5, 5.41) is 7.11. The number of aromatic nitrogens is 2. The minimum atomic E-state index is -0.268. The Hall–Kier alpha value is -2.86. The van der Waals surface area contributed by atoms with Crippen molar-refractivity contribution in [2.75, 3.05) is 11.9 Å². The number of carbonyl (C=O) groups excluding carboxylic acids is 1. The van der Waals surface area contributed by atoms with E-state index in [1.807, 2.05) is 0 Å². The quantitative estimate of drug-likeness (QED) is 0.764. The molecule has 122 valence electrons. The van der Waals surface area contributed by atoms with E-state index >= 15 is 0 Å². The summed E-state index contributed by atoms with van der Waals surface area (Å²) in [5.74, 6) is 1.32. The zero-order valence-electron chi connectivity index (χ0n) is 12.8. The van der Waals surface area contributed by atoms with Gasteiger partial charge in [0, 0.05) is 23.2 Å². The van der Waals surface area contributed by atoms with Gasteiger partial charge in [-0.2, -0.15) is 4.98 Å². The van der Waals surface area contributed by atoms with Crippen molar-refractivity contribution in [2.24, 2.45) is 0 Å². The summed E-state index contributed by atoms with van der Waals surface area (Å²) >= 11 is 5.87. The van der Waals surface area contributed by atoms with E-state index in [0.717, 1.165) is 5.56 Å². The smallest absolute Gasteiger partial charge is 0.262 e. The fourth-order valence-electron chi connectivity index (χ4n) is 2.03. The predicted molar refractivity (Wildman–Crippen MR) is 90.0 cm³/mol. The van der Waals surface area contributed by atoms with Crippen LogP contribution in [0, 0.1) is 6.92 Å². The lowest BCUT2D eigenvalue weighted by molar-refractivity contribution is -0.118. The van der Waals surface area contributed by atoms with Gasteiger partial charge in [-0.15, -0.1) is 0 Å². The zero-order valence-corrected chi connectivity index (χ0v) is 13.6. The highest BCUT2D eigenvalue weighted by Gasteiger charge is 2.07. The van der Waals surface area contributed by atoms with Gasteiger partial charge in [0.25, 0.3) is 5.91 Å². The van der Waals surface area contributed by atoms with Gasteiger partial charge >= 0.3 is 0 Å². The second kappa shape index (κ2) is 7.14. The molecule has 0 aliphatic heterocycles. The molecular formula is C17H14ClN3O3. The van der Waals surface area contributed by atoms with Crippen molar-refractivity contribution >= 4 is 23.2 Å². The lowest BCUT2D eigenvalue weighted by Gasteiger charge is -2.08. The van der Waals surface area contributed by atoms with Crippen LogP contribution in [-0.2, 0) is 4.79 Å². The first-order valence-corrected chi connectivity index (χ1v) is 7.57. The van der Waals surface area contributed by atoms with Gasteiger partial charge < -0.3 is 14.6 Å². The first-order valence-electron chi connectivity index (χ1n) is 7.19. The highest BCUT2D eigenvalue weighted by Crippen LogP contribution is 2.20. The van der Waals surface area contributed by atoms with Crippen LogP contribution in [0.3, 0.4) is 0 Å². The molecule has 0 fully saturated rings. The zero-order chi connectivity index (χ0) is 16.9. The third-order valence-corrected chi connectivity index (χ3v) is 3.35. The molecule has 0 radical (unpaired) electrons. The van der Waals surface area contributed by atoms with Crippen LogP contribution in [0.25, 0.3) is 11.4 Å². The Kier molecular flexibility index (Phi) is 4.77. The van der Waals surface area contributed by atoms with Gasteiger partial charge in [-0.05, 0) is 42.5 Å². The normalized spacial score (nSPS) is 10.4. The number of benzene rings is 2. The Labute approximate surface area is 143 Å². The summed E-state index contributed by atoms with van der Waals surface area (Å²) in [4.78, 5) is 16.0. The Morgan fingerprint density at radius 1 is 1.25 bits per heavy atom. The van der Waals surface area contributed by atoms with E-state index < -0.39 is 0 Å². The number of halogens is 1. The summed E-state index contributed by atoms with van der Waals surface area (Å²) in [6.45, 7) is 1.62. The Morgan fingerprint density at radius 3 is 2.71 bits per heavy atom. The number of carbonyl (C=O) groups is 1. The number of nitrogens with zero attached hydrogens (tertiary/aromatic N) is 2. The van der Waals surface area contributed by atoms with Crippen molar-refractivity contribution in [2.45, 2.75) is 6.92 Å². The van der Waals surface area contributed by atoms with E-state index in [9.17, 15) is 4.79 Å². The van der Waals surface area contributed by atoms with Gasteiger partial charge in [0.2, 0.25) is 11.7 Å². The van der Waals surface area contributed by atoms with Crippen molar-refractivity contribution in [3.63, 3.8) is 0 Å². The molecule has 0 saturated heterocycles. The first kappa shape index (κ1) is 16.0. The molecule has 0 aliphatic rings. The monoisotopic (exact) mass is 343 g/mol. The van der Waals surface area contributed by atoms with Crippen LogP contribution in [-0.4, -0.2) is 22.7 Å². The van der Waals surface area contributed by atoms with Crippen LogP contribution in [0.1, 0.15) is 5.89 Å². The van der Waals surface area contributed by atoms with Crippen molar-refractivity contribution in [1.29, 1.82) is 0 Å². The number of hydrogen-bond acceptors (Lipinski definition) is 5. The molecule has 6 nitrogen and oxygen atoms in total. The summed E-state index contributed by atoms with van der Waals surface area (Å²) in [5.41, 5.74) is 1.43. The Balaban J connectivity index is 1.55. The molecule has 0 bridgehead atoms. The third kappa shape index (κ3) is 4.11. The van der Waals surface area contributed by atoms with Crippen molar-refractivity contribution in [3.05, 3.63) is 59.4 Å². The Morgan fingerprint density at radius 2 is 2.04 bits per heavy atom. The van der Waals surface area contributed by atoms with Crippen LogP contribution in [0.2, 0.25) is 5.02 Å². The first-order chi connectivity index (χ1) is 11.6. The number of rotatable bonds is 5. The average molecular weight is 344 g/mol. The number of hydrogen-bond donors (Lipinski definition) is 1. The molecule has 3 aromatic rings. The number of ether oxygens (including phenoxy) is 1. The molecule has 1 heterocycles. The third-order valence-electron chi connectivity index (χ3n) is 3.12. The van der Waals surface area contributed by atoms with E-state index in [1.165, 1.54) is 0 Å². The topological polar surface area (TPSA) is 77.2 Å². The molecule has 2 aromatic carbocycles. The number of aryl methyl sites for hydroxylation is 1. The average Bonchev–Trinajstić information content (AvgIpc) is 3.00. The fraction of sp³-hybridized carbons (Fsp3) is 0.118. The molecule has 0 aliphatic carbocycles. The fourth-order valence-corrected chi connectivity index (χ4v) is 2.22. The van der Waals surface area contributed by atoms with Gasteiger partial charge in [0.05, 0.1) is 0 Å². The number of anilines is 1. The molecule has 0 atom stereocenters. The van der Waals surface area contributed by atoms with E-state index in [0.29, 0.717) is 28.2 Å². The van der Waals surface area contributed by atoms with Gasteiger partial charge in [-0.25, -0.2) is 0 Å². The maximum absolute atomic E-state index is 11.9. The molecule has 3 rings (SSSR count). The minimum absolute atomic E-state index is 0.104. The molecule has 0 saturated carbocycles. The standard InChI is InChI=1S/C17H14ClN3O3/c1-11-19-17(21-24-11)12-5-7-15(8-6-12)23-10-16(22)20-14-4-2-3-13(18)9-14/h2-9H,10H2,1H3,(H,20,22). The van der Waals surface area contributed by atoms with Crippen molar-refractivity contribution in [3.8, 4) is 17.1 Å². The summed E-state index contributed by atoms with van der Waals surface area (Å²) in [6, 6.07) is 14.0. The Bertz CT molecular complexity index is 846. The largest absolute Gasteiger partial charge is 0.484 e. The molecule has 1 N–H and O–H groups in total. The molecule has 0 unspecified atom stereocenters. The lowest BCUT2D eigenvalue weighted by Crippen LogP contribution is -2.20. The second-order valence-electron chi connectivity index (χ2n) is 5.01. The van der Waals surface area contributed by atoms with Crippen molar-refractivity contribution in [1.82, 2.24) is 10.1 Å². The molecule has 7 heteroatoms. The molecular weight excluding hydrogens is 330 g/mol. The van der Waals surface area contributed by atoms with Crippen LogP contribution >= 0.6 is 11.6 Å². The van der Waals surface area contributed by atoms with Gasteiger partial charge in [0.15, 0.2) is 6.61 Å².